The molecule has 3 nitrogen and oxygen atoms in total. The van der Waals surface area contributed by atoms with Gasteiger partial charge in [0, 0.05) is 0 Å². The highest BCUT2D eigenvalue weighted by atomic mass is 16.3. The molecule has 10 heavy (non-hydrogen) atoms. The van der Waals surface area contributed by atoms with Crippen LogP contribution in [0.2, 0.25) is 0 Å². The van der Waals surface area contributed by atoms with Gasteiger partial charge in [0.15, 0.2) is 0 Å². The third-order valence-corrected chi connectivity index (χ3v) is 1.59. The predicted molar refractivity (Wildman–Crippen MR) is 35.0 cm³/mol. The molecule has 3 atom stereocenters. The number of rotatable bonds is 1. The molecule has 0 aliphatic heterocycles. The van der Waals surface area contributed by atoms with Gasteiger partial charge in [-0.2, -0.15) is 0 Å². The van der Waals surface area contributed by atoms with Gasteiger partial charge in [0.2, 0.25) is 6.29 Å². The average Bonchev–Trinajstić information content (AvgIpc) is 1.94. The maximum Gasteiger partial charge on any atom is 0.204 e. The fourth-order valence-electron chi connectivity index (χ4n) is 0.972. The Morgan fingerprint density at radius 2 is 2.10 bits per heavy atom. The molecule has 0 aromatic heterocycles. The second-order valence-electron chi connectivity index (χ2n) is 2.40. The van der Waals surface area contributed by atoms with Gasteiger partial charge in [-0.05, 0) is 6.42 Å². The number of carbonyl (C=O) groups excluding carboxylic acids is 1. The van der Waals surface area contributed by atoms with E-state index in [1.54, 1.807) is 6.29 Å². The molecule has 0 amide bonds. The normalized spacial score (nSPS) is 39.6. The summed E-state index contributed by atoms with van der Waals surface area (Å²) in [6, 6.07) is 0. The first kappa shape index (κ1) is 7.44. The van der Waals surface area contributed by atoms with E-state index >= 15 is 0 Å². The quantitative estimate of drug-likeness (QED) is 0.479. The molecule has 3 heteroatoms. The summed E-state index contributed by atoms with van der Waals surface area (Å²) >= 11 is 0. The Morgan fingerprint density at radius 3 is 2.60 bits per heavy atom. The second kappa shape index (κ2) is 2.94. The monoisotopic (exact) mass is 141 g/mol. The minimum absolute atomic E-state index is 0.279. The van der Waals surface area contributed by atoms with Gasteiger partial charge in [-0.25, -0.2) is 0 Å². The molecule has 0 aromatic rings. The van der Waals surface area contributed by atoms with Crippen molar-refractivity contribution >= 4 is 6.29 Å². The SMILES string of the molecule is O=[C]C1CC(O)C=CC1O. The molecule has 0 aromatic carbocycles. The number of hydrogen-bond donors (Lipinski definition) is 2. The Kier molecular flexibility index (Phi) is 2.19. The topological polar surface area (TPSA) is 57.5 Å². The molecule has 0 bridgehead atoms. The van der Waals surface area contributed by atoms with Crippen LogP contribution in [0.4, 0.5) is 0 Å². The predicted octanol–water partition coefficient (Wildman–Crippen LogP) is -0.606. The molecule has 3 unspecified atom stereocenters. The van der Waals surface area contributed by atoms with Crippen LogP contribution < -0.4 is 0 Å². The van der Waals surface area contributed by atoms with Gasteiger partial charge in [-0.15, -0.1) is 0 Å². The smallest absolute Gasteiger partial charge is 0.204 e. The lowest BCUT2D eigenvalue weighted by Gasteiger charge is -2.20. The van der Waals surface area contributed by atoms with Crippen LogP contribution in [0.1, 0.15) is 6.42 Å². The molecule has 2 N–H and O–H groups in total. The molecule has 1 radical (unpaired) electrons. The first-order valence-corrected chi connectivity index (χ1v) is 3.16. The van der Waals surface area contributed by atoms with Crippen LogP contribution in [-0.2, 0) is 4.79 Å². The van der Waals surface area contributed by atoms with Crippen molar-refractivity contribution in [1.29, 1.82) is 0 Å². The van der Waals surface area contributed by atoms with Crippen LogP contribution in [0.25, 0.3) is 0 Å². The second-order valence-corrected chi connectivity index (χ2v) is 2.40. The van der Waals surface area contributed by atoms with Crippen molar-refractivity contribution in [1.82, 2.24) is 0 Å². The highest BCUT2D eigenvalue weighted by Crippen LogP contribution is 2.16. The summed E-state index contributed by atoms with van der Waals surface area (Å²) in [6.07, 6.45) is 3.49. The lowest BCUT2D eigenvalue weighted by atomic mass is 9.91. The van der Waals surface area contributed by atoms with Crippen molar-refractivity contribution in [2.75, 3.05) is 0 Å². The molecule has 0 saturated carbocycles. The van der Waals surface area contributed by atoms with E-state index in [9.17, 15) is 4.79 Å². The maximum atomic E-state index is 10.1. The van der Waals surface area contributed by atoms with E-state index in [2.05, 4.69) is 0 Å². The third kappa shape index (κ3) is 1.43. The van der Waals surface area contributed by atoms with E-state index in [1.807, 2.05) is 0 Å². The molecule has 0 heterocycles. The van der Waals surface area contributed by atoms with Gasteiger partial charge in [-0.3, -0.25) is 4.79 Å². The van der Waals surface area contributed by atoms with Crippen LogP contribution >= 0.6 is 0 Å². The summed E-state index contributed by atoms with van der Waals surface area (Å²) in [6.45, 7) is 0. The zero-order valence-electron chi connectivity index (χ0n) is 5.40. The van der Waals surface area contributed by atoms with Crippen LogP contribution in [0.15, 0.2) is 12.2 Å². The highest BCUT2D eigenvalue weighted by molar-refractivity contribution is 5.56. The Labute approximate surface area is 59.0 Å². The zero-order valence-corrected chi connectivity index (χ0v) is 5.40. The molecule has 55 valence electrons. The van der Waals surface area contributed by atoms with Crippen LogP contribution in [0.3, 0.4) is 0 Å². The third-order valence-electron chi connectivity index (χ3n) is 1.59. The van der Waals surface area contributed by atoms with Gasteiger partial charge in [0.05, 0.1) is 18.1 Å². The van der Waals surface area contributed by atoms with Crippen LogP contribution in [0.5, 0.6) is 0 Å². The Bertz CT molecular complexity index is 153. The molecule has 0 fully saturated rings. The molecule has 0 spiro atoms. The largest absolute Gasteiger partial charge is 0.389 e. The fraction of sp³-hybridized carbons (Fsp3) is 0.571. The average molecular weight is 141 g/mol. The molecule has 1 aliphatic rings. The Balaban J connectivity index is 2.61. The summed E-state index contributed by atoms with van der Waals surface area (Å²) in [4.78, 5) is 10.1. The van der Waals surface area contributed by atoms with Crippen LogP contribution in [-0.4, -0.2) is 28.7 Å². The van der Waals surface area contributed by atoms with Crippen molar-refractivity contribution in [2.24, 2.45) is 5.92 Å². The minimum atomic E-state index is -0.763. The van der Waals surface area contributed by atoms with Gasteiger partial charge in [-0.1, -0.05) is 12.2 Å². The van der Waals surface area contributed by atoms with Crippen molar-refractivity contribution in [3.63, 3.8) is 0 Å². The maximum absolute atomic E-state index is 10.1. The van der Waals surface area contributed by atoms with E-state index in [4.69, 9.17) is 10.2 Å². The van der Waals surface area contributed by atoms with Gasteiger partial charge in [0.25, 0.3) is 0 Å². The number of hydrogen-bond acceptors (Lipinski definition) is 3. The van der Waals surface area contributed by atoms with Gasteiger partial charge < -0.3 is 10.2 Å². The first-order valence-electron chi connectivity index (χ1n) is 3.16. The summed E-state index contributed by atoms with van der Waals surface area (Å²) < 4.78 is 0. The Hall–Kier alpha value is -0.670. The minimum Gasteiger partial charge on any atom is -0.389 e. The van der Waals surface area contributed by atoms with E-state index in [-0.39, 0.29) is 6.42 Å². The van der Waals surface area contributed by atoms with Crippen molar-refractivity contribution < 1.29 is 15.0 Å². The molecule has 1 aliphatic carbocycles. The summed E-state index contributed by atoms with van der Waals surface area (Å²) in [5, 5.41) is 18.0. The highest BCUT2D eigenvalue weighted by Gasteiger charge is 2.23. The molecule has 1 rings (SSSR count). The van der Waals surface area contributed by atoms with E-state index < -0.39 is 18.1 Å². The fourth-order valence-corrected chi connectivity index (χ4v) is 0.972. The molecular weight excluding hydrogens is 132 g/mol. The zero-order chi connectivity index (χ0) is 7.56. The van der Waals surface area contributed by atoms with Crippen molar-refractivity contribution in [3.8, 4) is 0 Å². The first-order chi connectivity index (χ1) is 4.74. The lowest BCUT2D eigenvalue weighted by molar-refractivity contribution is 0.119. The number of aliphatic hydroxyl groups excluding tert-OH is 2. The van der Waals surface area contributed by atoms with Crippen molar-refractivity contribution in [2.45, 2.75) is 18.6 Å². The van der Waals surface area contributed by atoms with Crippen molar-refractivity contribution in [3.05, 3.63) is 12.2 Å². The summed E-state index contributed by atoms with van der Waals surface area (Å²) in [5.41, 5.74) is 0. The van der Waals surface area contributed by atoms with Gasteiger partial charge in [0.1, 0.15) is 0 Å². The summed E-state index contributed by atoms with van der Waals surface area (Å²) in [5.74, 6) is -0.556. The lowest BCUT2D eigenvalue weighted by Crippen LogP contribution is -2.28. The van der Waals surface area contributed by atoms with E-state index in [0.29, 0.717) is 0 Å². The summed E-state index contributed by atoms with van der Waals surface area (Å²) in [7, 11) is 0. The molecule has 0 saturated heterocycles. The number of aliphatic hydroxyl groups is 2. The van der Waals surface area contributed by atoms with Crippen LogP contribution in [0, 0.1) is 5.92 Å². The van der Waals surface area contributed by atoms with Gasteiger partial charge >= 0.3 is 0 Å². The van der Waals surface area contributed by atoms with E-state index in [0.717, 1.165) is 0 Å². The Morgan fingerprint density at radius 1 is 1.40 bits per heavy atom. The standard InChI is InChI=1S/C7H9O3/c8-4-5-3-6(9)1-2-7(5)10/h1-2,5-7,9-10H,3H2. The van der Waals surface area contributed by atoms with E-state index in [1.165, 1.54) is 12.2 Å². The molecular formula is C7H9O3.